The summed E-state index contributed by atoms with van der Waals surface area (Å²) in [6.45, 7) is 0.795. The first-order valence-corrected chi connectivity index (χ1v) is 7.97. The fraction of sp³-hybridized carbons (Fsp3) is 0.150. The predicted octanol–water partition coefficient (Wildman–Crippen LogP) is 3.69. The van der Waals surface area contributed by atoms with Crippen LogP contribution >= 0.6 is 0 Å². The number of aromatic nitrogens is 1. The van der Waals surface area contributed by atoms with Crippen LogP contribution in [0.5, 0.6) is 0 Å². The second-order valence-electron chi connectivity index (χ2n) is 6.01. The van der Waals surface area contributed by atoms with Crippen molar-refractivity contribution >= 4 is 22.4 Å². The van der Waals surface area contributed by atoms with E-state index in [4.69, 9.17) is 0 Å². The number of carbonyl (C=O) groups excluding carboxylic acids is 1. The van der Waals surface area contributed by atoms with Crippen LogP contribution in [0.25, 0.3) is 16.6 Å². The molecule has 0 amide bonds. The van der Waals surface area contributed by atoms with Gasteiger partial charge in [0.1, 0.15) is 5.82 Å². The maximum Gasteiger partial charge on any atom is 0.187 e. The second kappa shape index (κ2) is 5.64. The zero-order chi connectivity index (χ0) is 16.7. The highest BCUT2D eigenvalue weighted by Gasteiger charge is 2.22. The summed E-state index contributed by atoms with van der Waals surface area (Å²) in [4.78, 5) is 12.5. The van der Waals surface area contributed by atoms with E-state index in [0.29, 0.717) is 5.56 Å². The second-order valence-corrected chi connectivity index (χ2v) is 6.01. The lowest BCUT2D eigenvalue weighted by Crippen LogP contribution is -2.24. The van der Waals surface area contributed by atoms with Crippen molar-refractivity contribution in [1.29, 1.82) is 0 Å². The highest BCUT2D eigenvalue weighted by molar-refractivity contribution is 6.09. The number of allylic oxidation sites excluding steroid dienone is 1. The highest BCUT2D eigenvalue weighted by atomic mass is 19.1. The largest absolute Gasteiger partial charge is 0.383 e. The zero-order valence-electron chi connectivity index (χ0n) is 13.3. The molecule has 1 aliphatic heterocycles. The van der Waals surface area contributed by atoms with Gasteiger partial charge in [0.25, 0.3) is 0 Å². The van der Waals surface area contributed by atoms with Gasteiger partial charge in [-0.25, -0.2) is 4.39 Å². The minimum Gasteiger partial charge on any atom is -0.383 e. The molecule has 0 unspecified atom stereocenters. The van der Waals surface area contributed by atoms with Gasteiger partial charge in [-0.1, -0.05) is 18.2 Å². The number of nitrogens with one attached hydrogen (secondary N) is 1. The van der Waals surface area contributed by atoms with Crippen LogP contribution in [-0.4, -0.2) is 16.9 Å². The van der Waals surface area contributed by atoms with Crippen molar-refractivity contribution in [3.05, 3.63) is 77.2 Å². The number of benzene rings is 2. The number of aryl methyl sites for hydroxylation is 1. The Morgan fingerprint density at radius 3 is 2.71 bits per heavy atom. The molecule has 0 bridgehead atoms. The molecule has 1 aromatic heterocycles. The van der Waals surface area contributed by atoms with E-state index in [1.165, 1.54) is 35.2 Å². The maximum absolute atomic E-state index is 13.0. The minimum absolute atomic E-state index is 0.129. The van der Waals surface area contributed by atoms with Gasteiger partial charge in [0.2, 0.25) is 0 Å². The molecule has 1 N–H and O–H groups in total. The SMILES string of the molecule is Cn1c2c(c3ccccc31)CCN/C2=C\C(=O)c1ccc(F)cc1. The van der Waals surface area contributed by atoms with E-state index in [2.05, 4.69) is 22.0 Å². The molecule has 1 aliphatic rings. The lowest BCUT2D eigenvalue weighted by Gasteiger charge is -2.19. The van der Waals surface area contributed by atoms with E-state index in [-0.39, 0.29) is 11.6 Å². The van der Waals surface area contributed by atoms with Crippen LogP contribution in [0.1, 0.15) is 21.6 Å². The number of hydrogen-bond donors (Lipinski definition) is 1. The molecular weight excluding hydrogens is 303 g/mol. The first-order chi connectivity index (χ1) is 11.6. The zero-order valence-corrected chi connectivity index (χ0v) is 13.3. The quantitative estimate of drug-likeness (QED) is 0.577. The number of rotatable bonds is 2. The van der Waals surface area contributed by atoms with Crippen LogP contribution in [0.2, 0.25) is 0 Å². The van der Waals surface area contributed by atoms with Gasteiger partial charge in [0.15, 0.2) is 5.78 Å². The summed E-state index contributed by atoms with van der Waals surface area (Å²) in [6, 6.07) is 13.9. The van der Waals surface area contributed by atoms with Crippen molar-refractivity contribution in [2.24, 2.45) is 7.05 Å². The average Bonchev–Trinajstić information content (AvgIpc) is 2.90. The summed E-state index contributed by atoms with van der Waals surface area (Å²) >= 11 is 0. The normalized spacial score (nSPS) is 15.3. The molecule has 3 nitrogen and oxygen atoms in total. The predicted molar refractivity (Wildman–Crippen MR) is 93.3 cm³/mol. The third-order valence-electron chi connectivity index (χ3n) is 4.56. The van der Waals surface area contributed by atoms with Crippen molar-refractivity contribution in [1.82, 2.24) is 9.88 Å². The highest BCUT2D eigenvalue weighted by Crippen LogP contribution is 2.32. The summed E-state index contributed by atoms with van der Waals surface area (Å²) in [5.41, 5.74) is 4.79. The molecule has 0 aliphatic carbocycles. The van der Waals surface area contributed by atoms with Gasteiger partial charge in [-0.15, -0.1) is 0 Å². The fourth-order valence-electron chi connectivity index (χ4n) is 3.42. The van der Waals surface area contributed by atoms with Gasteiger partial charge >= 0.3 is 0 Å². The standard InChI is InChI=1S/C20H17FN2O/c1-23-18-5-3-2-4-15(18)16-10-11-22-17(20(16)23)12-19(24)13-6-8-14(21)9-7-13/h2-9,12,22H,10-11H2,1H3/b17-12-. The molecule has 120 valence electrons. The molecule has 3 aromatic rings. The number of para-hydroxylation sites is 1. The Morgan fingerprint density at radius 1 is 1.17 bits per heavy atom. The molecule has 0 atom stereocenters. The van der Waals surface area contributed by atoms with Crippen molar-refractivity contribution < 1.29 is 9.18 Å². The van der Waals surface area contributed by atoms with Gasteiger partial charge in [0.05, 0.1) is 11.4 Å². The summed E-state index contributed by atoms with van der Waals surface area (Å²) in [7, 11) is 2.02. The third kappa shape index (κ3) is 2.31. The molecule has 2 aromatic carbocycles. The third-order valence-corrected chi connectivity index (χ3v) is 4.56. The summed E-state index contributed by atoms with van der Waals surface area (Å²) in [6.07, 6.45) is 2.54. The van der Waals surface area contributed by atoms with E-state index < -0.39 is 0 Å². The lowest BCUT2D eigenvalue weighted by atomic mass is 10.0. The van der Waals surface area contributed by atoms with Crippen LogP contribution in [0.3, 0.4) is 0 Å². The maximum atomic E-state index is 13.0. The summed E-state index contributed by atoms with van der Waals surface area (Å²) < 4.78 is 15.2. The molecule has 0 spiro atoms. The molecule has 24 heavy (non-hydrogen) atoms. The number of fused-ring (bicyclic) bond motifs is 3. The summed E-state index contributed by atoms with van der Waals surface area (Å²) in [5.74, 6) is -0.471. The van der Waals surface area contributed by atoms with Crippen molar-refractivity contribution in [2.75, 3.05) is 6.54 Å². The van der Waals surface area contributed by atoms with Gasteiger partial charge in [-0.3, -0.25) is 4.79 Å². The molecule has 4 rings (SSSR count). The van der Waals surface area contributed by atoms with Crippen molar-refractivity contribution in [3.63, 3.8) is 0 Å². The van der Waals surface area contributed by atoms with Crippen LogP contribution < -0.4 is 5.32 Å². The fourth-order valence-corrected chi connectivity index (χ4v) is 3.42. The average molecular weight is 320 g/mol. The van der Waals surface area contributed by atoms with Gasteiger partial charge < -0.3 is 9.88 Å². The van der Waals surface area contributed by atoms with E-state index >= 15 is 0 Å². The number of ketones is 1. The Labute approximate surface area is 139 Å². The minimum atomic E-state index is -0.342. The molecule has 0 fully saturated rings. The smallest absolute Gasteiger partial charge is 0.187 e. The number of nitrogens with zero attached hydrogens (tertiary/aromatic N) is 1. The van der Waals surface area contributed by atoms with Gasteiger partial charge in [-0.2, -0.15) is 0 Å². The van der Waals surface area contributed by atoms with Gasteiger partial charge in [-0.05, 0) is 42.3 Å². The Morgan fingerprint density at radius 2 is 1.92 bits per heavy atom. The Kier molecular flexibility index (Phi) is 3.45. The topological polar surface area (TPSA) is 34.0 Å². The summed E-state index contributed by atoms with van der Waals surface area (Å²) in [5, 5.41) is 4.57. The van der Waals surface area contributed by atoms with Crippen LogP contribution in [0.4, 0.5) is 4.39 Å². The van der Waals surface area contributed by atoms with Gasteiger partial charge in [0, 0.05) is 36.1 Å². The van der Waals surface area contributed by atoms with E-state index in [0.717, 1.165) is 29.9 Å². The molecule has 0 saturated heterocycles. The van der Waals surface area contributed by atoms with Crippen molar-refractivity contribution in [2.45, 2.75) is 6.42 Å². The van der Waals surface area contributed by atoms with E-state index in [9.17, 15) is 9.18 Å². The van der Waals surface area contributed by atoms with Crippen LogP contribution in [-0.2, 0) is 13.5 Å². The van der Waals surface area contributed by atoms with E-state index in [1.54, 1.807) is 6.08 Å². The monoisotopic (exact) mass is 320 g/mol. The van der Waals surface area contributed by atoms with Crippen molar-refractivity contribution in [3.8, 4) is 0 Å². The Hall–Kier alpha value is -2.88. The first kappa shape index (κ1) is 14.7. The lowest BCUT2D eigenvalue weighted by molar-refractivity contribution is 0.104. The molecule has 0 saturated carbocycles. The van der Waals surface area contributed by atoms with Crippen LogP contribution in [0, 0.1) is 5.82 Å². The molecule has 2 heterocycles. The van der Waals surface area contributed by atoms with Crippen LogP contribution in [0.15, 0.2) is 54.6 Å². The molecule has 0 radical (unpaired) electrons. The molecular formula is C20H17FN2O. The Bertz CT molecular complexity index is 967. The molecule has 4 heteroatoms. The number of carbonyl (C=O) groups is 1. The number of hydrogen-bond acceptors (Lipinski definition) is 2. The first-order valence-electron chi connectivity index (χ1n) is 7.97. The number of halogens is 1. The Balaban J connectivity index is 1.81. The van der Waals surface area contributed by atoms with E-state index in [1.807, 2.05) is 19.2 Å².